The molecule has 0 spiro atoms. The fraction of sp³-hybridized carbons (Fsp3) is 0.273. The van der Waals surface area contributed by atoms with Crippen molar-refractivity contribution in [2.75, 3.05) is 19.7 Å². The van der Waals surface area contributed by atoms with Gasteiger partial charge in [0.1, 0.15) is 16.5 Å². The number of thiazole rings is 1. The van der Waals surface area contributed by atoms with E-state index in [1.807, 2.05) is 64.9 Å². The first kappa shape index (κ1) is 19.0. The highest BCUT2D eigenvalue weighted by atomic mass is 35.5. The molecule has 1 fully saturated rings. The standard InChI is InChI=1S/C22H21ClN2O2S/c23-19-11-5-4-10-18(19)21-24-20(15-28-21)22(26)25-12-6-7-16(13-25)14-27-17-8-2-1-3-9-17/h1-5,8-11,15-16H,6-7,12-14H2. The molecule has 1 amide bonds. The molecule has 0 bridgehead atoms. The number of rotatable bonds is 5. The number of benzene rings is 2. The van der Waals surface area contributed by atoms with Gasteiger partial charge >= 0.3 is 0 Å². The summed E-state index contributed by atoms with van der Waals surface area (Å²) in [6.45, 7) is 2.08. The summed E-state index contributed by atoms with van der Waals surface area (Å²) >= 11 is 7.71. The Labute approximate surface area is 173 Å². The highest BCUT2D eigenvalue weighted by Crippen LogP contribution is 2.30. The first-order chi connectivity index (χ1) is 13.7. The summed E-state index contributed by atoms with van der Waals surface area (Å²) < 4.78 is 5.89. The lowest BCUT2D eigenvalue weighted by Crippen LogP contribution is -2.41. The molecule has 4 rings (SSSR count). The van der Waals surface area contributed by atoms with E-state index in [-0.39, 0.29) is 5.91 Å². The van der Waals surface area contributed by atoms with Crippen molar-refractivity contribution in [3.8, 4) is 16.3 Å². The van der Waals surface area contributed by atoms with E-state index in [4.69, 9.17) is 16.3 Å². The molecule has 144 valence electrons. The molecule has 1 aromatic heterocycles. The number of carbonyl (C=O) groups excluding carboxylic acids is 1. The number of aromatic nitrogens is 1. The van der Waals surface area contributed by atoms with E-state index in [9.17, 15) is 4.79 Å². The second kappa shape index (κ2) is 8.76. The minimum atomic E-state index is -0.0148. The predicted molar refractivity (Wildman–Crippen MR) is 113 cm³/mol. The Bertz CT molecular complexity index is 944. The lowest BCUT2D eigenvalue weighted by molar-refractivity contribution is 0.0628. The van der Waals surface area contributed by atoms with Gasteiger partial charge in [-0.05, 0) is 31.0 Å². The number of nitrogens with zero attached hydrogens (tertiary/aromatic N) is 2. The third-order valence-corrected chi connectivity index (χ3v) is 6.07. The van der Waals surface area contributed by atoms with Crippen molar-refractivity contribution in [1.29, 1.82) is 0 Å². The first-order valence-corrected chi connectivity index (χ1v) is 10.6. The Kier molecular flexibility index (Phi) is 5.93. The van der Waals surface area contributed by atoms with Gasteiger partial charge in [-0.25, -0.2) is 4.98 Å². The fourth-order valence-electron chi connectivity index (χ4n) is 3.41. The van der Waals surface area contributed by atoms with Crippen molar-refractivity contribution in [1.82, 2.24) is 9.88 Å². The van der Waals surface area contributed by atoms with Crippen LogP contribution < -0.4 is 4.74 Å². The van der Waals surface area contributed by atoms with Crippen molar-refractivity contribution in [2.45, 2.75) is 12.8 Å². The maximum Gasteiger partial charge on any atom is 0.273 e. The minimum Gasteiger partial charge on any atom is -0.493 e. The number of carbonyl (C=O) groups is 1. The SMILES string of the molecule is O=C(c1csc(-c2ccccc2Cl)n1)N1CCCC(COc2ccccc2)C1. The number of likely N-dealkylation sites (tertiary alicyclic amines) is 1. The van der Waals surface area contributed by atoms with Gasteiger partial charge in [0, 0.05) is 30.0 Å². The average Bonchev–Trinajstić information content (AvgIpc) is 3.23. The molecule has 1 aliphatic heterocycles. The summed E-state index contributed by atoms with van der Waals surface area (Å²) in [4.78, 5) is 19.4. The van der Waals surface area contributed by atoms with E-state index in [1.54, 1.807) is 0 Å². The predicted octanol–water partition coefficient (Wildman–Crippen LogP) is 5.39. The molecule has 0 saturated carbocycles. The Morgan fingerprint density at radius 1 is 1.18 bits per heavy atom. The molecule has 28 heavy (non-hydrogen) atoms. The number of hydrogen-bond donors (Lipinski definition) is 0. The number of ether oxygens (including phenoxy) is 1. The Morgan fingerprint density at radius 2 is 1.96 bits per heavy atom. The number of para-hydroxylation sites is 1. The van der Waals surface area contributed by atoms with Gasteiger partial charge in [0.25, 0.3) is 5.91 Å². The molecular formula is C22H21ClN2O2S. The highest BCUT2D eigenvalue weighted by Gasteiger charge is 2.26. The van der Waals surface area contributed by atoms with Crippen LogP contribution in [0, 0.1) is 5.92 Å². The normalized spacial score (nSPS) is 16.8. The summed E-state index contributed by atoms with van der Waals surface area (Å²) in [5, 5.41) is 3.24. The highest BCUT2D eigenvalue weighted by molar-refractivity contribution is 7.13. The van der Waals surface area contributed by atoms with Gasteiger partial charge < -0.3 is 9.64 Å². The summed E-state index contributed by atoms with van der Waals surface area (Å²) in [6, 6.07) is 17.4. The zero-order chi connectivity index (χ0) is 19.3. The molecule has 6 heteroatoms. The molecule has 2 heterocycles. The van der Waals surface area contributed by atoms with Gasteiger partial charge in [0.05, 0.1) is 11.6 Å². The van der Waals surface area contributed by atoms with Crippen LogP contribution in [-0.4, -0.2) is 35.5 Å². The van der Waals surface area contributed by atoms with Crippen LogP contribution in [0.2, 0.25) is 5.02 Å². The second-order valence-corrected chi connectivity index (χ2v) is 8.17. The molecule has 1 aliphatic rings. The van der Waals surface area contributed by atoms with E-state index < -0.39 is 0 Å². The van der Waals surface area contributed by atoms with Crippen LogP contribution in [0.1, 0.15) is 23.3 Å². The van der Waals surface area contributed by atoms with Crippen LogP contribution >= 0.6 is 22.9 Å². The van der Waals surface area contributed by atoms with E-state index in [0.29, 0.717) is 29.8 Å². The summed E-state index contributed by atoms with van der Waals surface area (Å²) in [7, 11) is 0. The molecule has 0 radical (unpaired) electrons. The third kappa shape index (κ3) is 4.37. The van der Waals surface area contributed by atoms with E-state index >= 15 is 0 Å². The van der Waals surface area contributed by atoms with Gasteiger partial charge in [-0.3, -0.25) is 4.79 Å². The van der Waals surface area contributed by atoms with Gasteiger partial charge in [0.2, 0.25) is 0 Å². The third-order valence-electron chi connectivity index (χ3n) is 4.86. The van der Waals surface area contributed by atoms with Crippen LogP contribution in [-0.2, 0) is 0 Å². The largest absolute Gasteiger partial charge is 0.493 e. The topological polar surface area (TPSA) is 42.4 Å². The van der Waals surface area contributed by atoms with Crippen LogP contribution in [0.4, 0.5) is 0 Å². The number of halogens is 1. The second-order valence-electron chi connectivity index (χ2n) is 6.90. The number of amides is 1. The van der Waals surface area contributed by atoms with Gasteiger partial charge in [-0.15, -0.1) is 11.3 Å². The smallest absolute Gasteiger partial charge is 0.273 e. The van der Waals surface area contributed by atoms with Crippen molar-refractivity contribution in [3.05, 3.63) is 70.7 Å². The van der Waals surface area contributed by atoms with Crippen LogP contribution in [0.25, 0.3) is 10.6 Å². The Hall–Kier alpha value is -2.37. The molecule has 0 N–H and O–H groups in total. The molecule has 1 atom stereocenters. The fourth-order valence-corrected chi connectivity index (χ4v) is 4.52. The van der Waals surface area contributed by atoms with Crippen LogP contribution in [0.3, 0.4) is 0 Å². The van der Waals surface area contributed by atoms with E-state index in [2.05, 4.69) is 4.98 Å². The van der Waals surface area contributed by atoms with E-state index in [1.165, 1.54) is 11.3 Å². The molecule has 0 aliphatic carbocycles. The Balaban J connectivity index is 1.40. The summed E-state index contributed by atoms with van der Waals surface area (Å²) in [5.41, 5.74) is 1.35. The molecule has 1 unspecified atom stereocenters. The Morgan fingerprint density at radius 3 is 2.79 bits per heavy atom. The van der Waals surface area contributed by atoms with Crippen LogP contribution in [0.5, 0.6) is 5.75 Å². The summed E-state index contributed by atoms with van der Waals surface area (Å²) in [6.07, 6.45) is 2.05. The molecule has 2 aromatic carbocycles. The first-order valence-electron chi connectivity index (χ1n) is 9.38. The average molecular weight is 413 g/mol. The molecule has 1 saturated heterocycles. The number of hydrogen-bond acceptors (Lipinski definition) is 4. The maximum atomic E-state index is 12.9. The lowest BCUT2D eigenvalue weighted by Gasteiger charge is -2.32. The van der Waals surface area contributed by atoms with Crippen molar-refractivity contribution in [2.24, 2.45) is 5.92 Å². The maximum absolute atomic E-state index is 12.9. The zero-order valence-electron chi connectivity index (χ0n) is 15.4. The molecule has 4 nitrogen and oxygen atoms in total. The van der Waals surface area contributed by atoms with Crippen molar-refractivity contribution >= 4 is 28.8 Å². The van der Waals surface area contributed by atoms with E-state index in [0.717, 1.165) is 35.7 Å². The van der Waals surface area contributed by atoms with Crippen LogP contribution in [0.15, 0.2) is 60.0 Å². The van der Waals surface area contributed by atoms with Crippen molar-refractivity contribution < 1.29 is 9.53 Å². The lowest BCUT2D eigenvalue weighted by atomic mass is 9.98. The van der Waals surface area contributed by atoms with Gasteiger partial charge in [-0.2, -0.15) is 0 Å². The minimum absolute atomic E-state index is 0.0148. The molecule has 3 aromatic rings. The monoisotopic (exact) mass is 412 g/mol. The zero-order valence-corrected chi connectivity index (χ0v) is 17.0. The van der Waals surface area contributed by atoms with Gasteiger partial charge in [0.15, 0.2) is 0 Å². The van der Waals surface area contributed by atoms with Gasteiger partial charge in [-0.1, -0.05) is 48.0 Å². The summed E-state index contributed by atoms with van der Waals surface area (Å²) in [5.74, 6) is 1.19. The van der Waals surface area contributed by atoms with Crippen molar-refractivity contribution in [3.63, 3.8) is 0 Å². The number of piperidine rings is 1. The molecular weight excluding hydrogens is 392 g/mol. The quantitative estimate of drug-likeness (QED) is 0.563.